The van der Waals surface area contributed by atoms with Crippen LogP contribution in [0.25, 0.3) is 0 Å². The molecule has 2 aromatic rings. The zero-order chi connectivity index (χ0) is 21.5. The summed E-state index contributed by atoms with van der Waals surface area (Å²) >= 11 is 3.49. The van der Waals surface area contributed by atoms with Gasteiger partial charge in [-0.3, -0.25) is 9.59 Å². The van der Waals surface area contributed by atoms with Crippen molar-refractivity contribution in [1.29, 1.82) is 0 Å². The van der Waals surface area contributed by atoms with E-state index >= 15 is 0 Å². The molecule has 1 heterocycles. The van der Waals surface area contributed by atoms with E-state index < -0.39 is 6.04 Å². The van der Waals surface area contributed by atoms with Crippen molar-refractivity contribution in [2.75, 3.05) is 26.9 Å². The molecular formula is C22H24BrNO6. The van der Waals surface area contributed by atoms with E-state index in [0.717, 1.165) is 15.6 Å². The van der Waals surface area contributed by atoms with Crippen molar-refractivity contribution in [1.82, 2.24) is 5.32 Å². The fraction of sp³-hybridized carbons (Fsp3) is 0.364. The van der Waals surface area contributed by atoms with Crippen molar-refractivity contribution in [2.24, 2.45) is 0 Å². The molecule has 1 aliphatic rings. The monoisotopic (exact) mass is 477 g/mol. The van der Waals surface area contributed by atoms with Crippen LogP contribution in [0.5, 0.6) is 17.2 Å². The number of ether oxygens (including phenoxy) is 4. The smallest absolute Gasteiger partial charge is 0.308 e. The summed E-state index contributed by atoms with van der Waals surface area (Å²) in [5.74, 6) is 1.29. The number of fused-ring (bicyclic) bond motifs is 1. The predicted molar refractivity (Wildman–Crippen MR) is 114 cm³/mol. The molecular weight excluding hydrogens is 454 g/mol. The summed E-state index contributed by atoms with van der Waals surface area (Å²) < 4.78 is 22.3. The standard InChI is InChI=1S/C22H24BrNO6/c1-3-28-22(26)13-18(14-5-4-6-16(9-14)27-2)24-21(25)11-15-10-19-20(12-17(15)23)30-8-7-29-19/h4-6,9-10,12,18H,3,7-8,11,13H2,1-2H3,(H,24,25). The van der Waals surface area contributed by atoms with Crippen molar-refractivity contribution >= 4 is 27.8 Å². The lowest BCUT2D eigenvalue weighted by Gasteiger charge is -2.21. The Kier molecular flexibility index (Phi) is 7.57. The third-order valence-electron chi connectivity index (χ3n) is 4.57. The lowest BCUT2D eigenvalue weighted by Crippen LogP contribution is -2.32. The number of nitrogens with one attached hydrogen (secondary N) is 1. The Morgan fingerprint density at radius 2 is 1.90 bits per heavy atom. The maximum absolute atomic E-state index is 12.8. The van der Waals surface area contributed by atoms with E-state index in [1.54, 1.807) is 38.3 Å². The first-order valence-corrected chi connectivity index (χ1v) is 10.5. The van der Waals surface area contributed by atoms with Gasteiger partial charge in [-0.05, 0) is 42.3 Å². The Labute approximate surface area is 183 Å². The molecule has 2 aromatic carbocycles. The maximum atomic E-state index is 12.8. The molecule has 7 nitrogen and oxygen atoms in total. The summed E-state index contributed by atoms with van der Waals surface area (Å²) in [7, 11) is 1.57. The number of hydrogen-bond donors (Lipinski definition) is 1. The fourth-order valence-corrected chi connectivity index (χ4v) is 3.62. The molecule has 0 saturated carbocycles. The molecule has 0 aromatic heterocycles. The predicted octanol–water partition coefficient (Wildman–Crippen LogP) is 3.58. The van der Waals surface area contributed by atoms with Gasteiger partial charge in [-0.1, -0.05) is 28.1 Å². The van der Waals surface area contributed by atoms with Crippen molar-refractivity contribution < 1.29 is 28.5 Å². The zero-order valence-corrected chi connectivity index (χ0v) is 18.5. The second kappa shape index (κ2) is 10.3. The van der Waals surface area contributed by atoms with Gasteiger partial charge in [-0.15, -0.1) is 0 Å². The zero-order valence-electron chi connectivity index (χ0n) is 16.9. The summed E-state index contributed by atoms with van der Waals surface area (Å²) in [5, 5.41) is 2.94. The molecule has 1 aliphatic heterocycles. The number of rotatable bonds is 8. The number of esters is 1. The van der Waals surface area contributed by atoms with Crippen LogP contribution in [-0.4, -0.2) is 38.8 Å². The van der Waals surface area contributed by atoms with Gasteiger partial charge >= 0.3 is 5.97 Å². The van der Waals surface area contributed by atoms with Crippen molar-refractivity contribution in [3.63, 3.8) is 0 Å². The number of benzene rings is 2. The minimum atomic E-state index is -0.539. The molecule has 0 fully saturated rings. The van der Waals surface area contributed by atoms with Gasteiger partial charge in [0.05, 0.1) is 32.6 Å². The highest BCUT2D eigenvalue weighted by Crippen LogP contribution is 2.35. The van der Waals surface area contributed by atoms with E-state index in [-0.39, 0.29) is 31.3 Å². The number of carbonyl (C=O) groups is 2. The van der Waals surface area contributed by atoms with E-state index in [1.165, 1.54) is 0 Å². The van der Waals surface area contributed by atoms with Gasteiger partial charge in [0, 0.05) is 4.47 Å². The topological polar surface area (TPSA) is 83.1 Å². The Morgan fingerprint density at radius 1 is 1.17 bits per heavy atom. The molecule has 1 unspecified atom stereocenters. The van der Waals surface area contributed by atoms with Crippen LogP contribution in [0.3, 0.4) is 0 Å². The van der Waals surface area contributed by atoms with Crippen molar-refractivity contribution in [3.8, 4) is 17.2 Å². The molecule has 8 heteroatoms. The van der Waals surface area contributed by atoms with Crippen LogP contribution in [0.1, 0.15) is 30.5 Å². The molecule has 1 amide bonds. The van der Waals surface area contributed by atoms with Crippen LogP contribution < -0.4 is 19.5 Å². The van der Waals surface area contributed by atoms with E-state index in [1.807, 2.05) is 12.1 Å². The summed E-state index contributed by atoms with van der Waals surface area (Å²) in [6.07, 6.45) is 0.134. The van der Waals surface area contributed by atoms with Crippen molar-refractivity contribution in [2.45, 2.75) is 25.8 Å². The number of carbonyl (C=O) groups excluding carboxylic acids is 2. The average molecular weight is 478 g/mol. The molecule has 3 rings (SSSR count). The van der Waals surface area contributed by atoms with E-state index in [0.29, 0.717) is 30.5 Å². The Balaban J connectivity index is 1.76. The molecule has 0 spiro atoms. The van der Waals surface area contributed by atoms with Crippen LogP contribution >= 0.6 is 15.9 Å². The normalized spacial score (nSPS) is 13.3. The average Bonchev–Trinajstić information content (AvgIpc) is 2.74. The summed E-state index contributed by atoms with van der Waals surface area (Å²) in [4.78, 5) is 24.9. The Bertz CT molecular complexity index is 916. The highest BCUT2D eigenvalue weighted by molar-refractivity contribution is 9.10. The minimum absolute atomic E-state index is 0.0229. The molecule has 30 heavy (non-hydrogen) atoms. The maximum Gasteiger partial charge on any atom is 0.308 e. The summed E-state index contributed by atoms with van der Waals surface area (Å²) in [6, 6.07) is 10.3. The fourth-order valence-electron chi connectivity index (χ4n) is 3.16. The first-order chi connectivity index (χ1) is 14.5. The number of methoxy groups -OCH3 is 1. The summed E-state index contributed by atoms with van der Waals surface area (Å²) in [5.41, 5.74) is 1.52. The van der Waals surface area contributed by atoms with Gasteiger partial charge < -0.3 is 24.3 Å². The lowest BCUT2D eigenvalue weighted by atomic mass is 10.0. The Hall–Kier alpha value is -2.74. The van der Waals surface area contributed by atoms with Crippen LogP contribution in [0, 0.1) is 0 Å². The molecule has 1 atom stereocenters. The van der Waals surface area contributed by atoms with Gasteiger partial charge in [0.1, 0.15) is 19.0 Å². The van der Waals surface area contributed by atoms with Gasteiger partial charge in [0.15, 0.2) is 11.5 Å². The van der Waals surface area contributed by atoms with Crippen LogP contribution in [0.4, 0.5) is 0 Å². The van der Waals surface area contributed by atoms with Gasteiger partial charge in [0.2, 0.25) is 5.91 Å². The van der Waals surface area contributed by atoms with Crippen LogP contribution in [0.15, 0.2) is 40.9 Å². The van der Waals surface area contributed by atoms with Crippen molar-refractivity contribution in [3.05, 3.63) is 52.0 Å². The van der Waals surface area contributed by atoms with E-state index in [9.17, 15) is 9.59 Å². The number of halogens is 1. The van der Waals surface area contributed by atoms with Gasteiger partial charge in [-0.25, -0.2) is 0 Å². The Morgan fingerprint density at radius 3 is 2.60 bits per heavy atom. The van der Waals surface area contributed by atoms with E-state index in [2.05, 4.69) is 21.2 Å². The van der Waals surface area contributed by atoms with Gasteiger partial charge in [0.25, 0.3) is 0 Å². The molecule has 0 bridgehead atoms. The van der Waals surface area contributed by atoms with Crippen LogP contribution in [0.2, 0.25) is 0 Å². The second-order valence-electron chi connectivity index (χ2n) is 6.67. The van der Waals surface area contributed by atoms with Crippen LogP contribution in [-0.2, 0) is 20.7 Å². The lowest BCUT2D eigenvalue weighted by molar-refractivity contribution is -0.143. The summed E-state index contributed by atoms with van der Waals surface area (Å²) in [6.45, 7) is 2.99. The third kappa shape index (κ3) is 5.66. The van der Waals surface area contributed by atoms with E-state index in [4.69, 9.17) is 18.9 Å². The quantitative estimate of drug-likeness (QED) is 0.585. The first-order valence-electron chi connectivity index (χ1n) is 9.67. The molecule has 0 radical (unpaired) electrons. The largest absolute Gasteiger partial charge is 0.497 e. The van der Waals surface area contributed by atoms with Gasteiger partial charge in [-0.2, -0.15) is 0 Å². The minimum Gasteiger partial charge on any atom is -0.497 e. The third-order valence-corrected chi connectivity index (χ3v) is 5.31. The first kappa shape index (κ1) is 22.0. The highest BCUT2D eigenvalue weighted by Gasteiger charge is 2.22. The molecule has 0 aliphatic carbocycles. The molecule has 0 saturated heterocycles. The second-order valence-corrected chi connectivity index (χ2v) is 7.52. The number of amides is 1. The molecule has 1 N–H and O–H groups in total. The molecule has 160 valence electrons. The number of hydrogen-bond acceptors (Lipinski definition) is 6. The SMILES string of the molecule is CCOC(=O)CC(NC(=O)Cc1cc2c(cc1Br)OCCO2)c1cccc(OC)c1. The highest BCUT2D eigenvalue weighted by atomic mass is 79.9.